The average Bonchev–Trinajstić information content (AvgIpc) is 2.27. The van der Waals surface area contributed by atoms with E-state index in [1.54, 1.807) is 0 Å². The Bertz CT molecular complexity index is 355. The minimum absolute atomic E-state index is 0.303. The molecular weight excluding hydrogens is 282 g/mol. The molecule has 1 aromatic carbocycles. The summed E-state index contributed by atoms with van der Waals surface area (Å²) in [6.45, 7) is 6.93. The molecule has 0 fully saturated rings. The smallest absolute Gasteiger partial charge is 0.123 e. The molecule has 0 heterocycles. The summed E-state index contributed by atoms with van der Waals surface area (Å²) < 4.78 is 6.57. The number of halogens is 1. The fourth-order valence-electron chi connectivity index (χ4n) is 1.35. The summed E-state index contributed by atoms with van der Waals surface area (Å²) in [5, 5.41) is 12.9. The zero-order valence-electron chi connectivity index (χ0n) is 10.5. The van der Waals surface area contributed by atoms with Gasteiger partial charge in [-0.2, -0.15) is 0 Å². The Morgan fingerprint density at radius 1 is 1.41 bits per heavy atom. The third kappa shape index (κ3) is 5.52. The quantitative estimate of drug-likeness (QED) is 0.848. The van der Waals surface area contributed by atoms with Crippen molar-refractivity contribution in [3.05, 3.63) is 28.2 Å². The number of rotatable bonds is 6. The van der Waals surface area contributed by atoms with Crippen molar-refractivity contribution in [3.8, 4) is 5.75 Å². The first-order valence-electron chi connectivity index (χ1n) is 5.79. The van der Waals surface area contributed by atoms with Crippen molar-refractivity contribution >= 4 is 15.9 Å². The molecule has 4 heteroatoms. The second kappa shape index (κ2) is 6.99. The molecule has 0 aromatic heterocycles. The predicted octanol–water partition coefficient (Wildman–Crippen LogP) is 2.50. The van der Waals surface area contributed by atoms with Crippen LogP contribution in [0.25, 0.3) is 0 Å². The maximum atomic E-state index is 9.72. The van der Waals surface area contributed by atoms with E-state index in [9.17, 15) is 5.11 Å². The van der Waals surface area contributed by atoms with Crippen molar-refractivity contribution in [2.45, 2.75) is 32.9 Å². The van der Waals surface area contributed by atoms with Crippen LogP contribution >= 0.6 is 15.9 Å². The van der Waals surface area contributed by atoms with Crippen LogP contribution in [0.5, 0.6) is 5.75 Å². The number of aliphatic hydroxyl groups excluding tert-OH is 1. The third-order valence-electron chi connectivity index (χ3n) is 2.34. The molecule has 1 atom stereocenters. The molecular formula is C13H20BrNO2. The Labute approximate surface area is 111 Å². The zero-order chi connectivity index (χ0) is 12.8. The first-order chi connectivity index (χ1) is 7.99. The van der Waals surface area contributed by atoms with Gasteiger partial charge < -0.3 is 15.2 Å². The van der Waals surface area contributed by atoms with E-state index >= 15 is 0 Å². The van der Waals surface area contributed by atoms with Crippen LogP contribution in [0.2, 0.25) is 0 Å². The summed E-state index contributed by atoms with van der Waals surface area (Å²) in [5.74, 6) is 0.808. The van der Waals surface area contributed by atoms with Gasteiger partial charge in [0.25, 0.3) is 0 Å². The highest BCUT2D eigenvalue weighted by Crippen LogP contribution is 2.22. The molecule has 0 saturated heterocycles. The average molecular weight is 302 g/mol. The second-order valence-corrected chi connectivity index (χ2v) is 5.35. The monoisotopic (exact) mass is 301 g/mol. The summed E-state index contributed by atoms with van der Waals surface area (Å²) in [6, 6.07) is 6.24. The summed E-state index contributed by atoms with van der Waals surface area (Å²) >= 11 is 3.40. The lowest BCUT2D eigenvalue weighted by molar-refractivity contribution is 0.104. The minimum Gasteiger partial charge on any atom is -0.491 e. The third-order valence-corrected chi connectivity index (χ3v) is 2.84. The topological polar surface area (TPSA) is 41.5 Å². The molecule has 0 aliphatic heterocycles. The standard InChI is InChI=1S/C13H20BrNO2/c1-9(2)15-7-12(16)8-17-13-6-11(14)5-4-10(13)3/h4-6,9,12,15-16H,7-8H2,1-3H3. The van der Waals surface area contributed by atoms with Crippen LogP contribution in [-0.2, 0) is 0 Å². The number of aliphatic hydroxyl groups is 1. The van der Waals surface area contributed by atoms with Gasteiger partial charge in [0.05, 0.1) is 0 Å². The molecule has 0 radical (unpaired) electrons. The molecule has 0 spiro atoms. The van der Waals surface area contributed by atoms with Gasteiger partial charge in [-0.1, -0.05) is 35.8 Å². The van der Waals surface area contributed by atoms with Crippen LogP contribution in [0.3, 0.4) is 0 Å². The molecule has 0 aliphatic rings. The molecule has 0 amide bonds. The van der Waals surface area contributed by atoms with E-state index in [0.717, 1.165) is 15.8 Å². The maximum Gasteiger partial charge on any atom is 0.123 e. The number of hydrogen-bond donors (Lipinski definition) is 2. The first kappa shape index (κ1) is 14.5. The molecule has 1 rings (SSSR count). The van der Waals surface area contributed by atoms with E-state index in [2.05, 4.69) is 21.2 Å². The number of nitrogens with one attached hydrogen (secondary N) is 1. The van der Waals surface area contributed by atoms with Crippen LogP contribution in [-0.4, -0.2) is 30.4 Å². The Hall–Kier alpha value is -0.580. The fourth-order valence-corrected chi connectivity index (χ4v) is 1.69. The molecule has 1 aromatic rings. The largest absolute Gasteiger partial charge is 0.491 e. The highest BCUT2D eigenvalue weighted by atomic mass is 79.9. The maximum absolute atomic E-state index is 9.72. The summed E-state index contributed by atoms with van der Waals surface area (Å²) in [5.41, 5.74) is 1.07. The van der Waals surface area contributed by atoms with Gasteiger partial charge in [-0.15, -0.1) is 0 Å². The van der Waals surface area contributed by atoms with Crippen molar-refractivity contribution in [1.82, 2.24) is 5.32 Å². The van der Waals surface area contributed by atoms with Crippen LogP contribution in [0.15, 0.2) is 22.7 Å². The Balaban J connectivity index is 2.41. The van der Waals surface area contributed by atoms with Gasteiger partial charge in [0.1, 0.15) is 18.5 Å². The van der Waals surface area contributed by atoms with E-state index in [-0.39, 0.29) is 0 Å². The van der Waals surface area contributed by atoms with Crippen molar-refractivity contribution < 1.29 is 9.84 Å². The molecule has 0 aliphatic carbocycles. The molecule has 0 bridgehead atoms. The lowest BCUT2D eigenvalue weighted by Crippen LogP contribution is -2.35. The van der Waals surface area contributed by atoms with Crippen LogP contribution in [0.1, 0.15) is 19.4 Å². The highest BCUT2D eigenvalue weighted by Gasteiger charge is 2.07. The van der Waals surface area contributed by atoms with Gasteiger partial charge >= 0.3 is 0 Å². The lowest BCUT2D eigenvalue weighted by atomic mass is 10.2. The van der Waals surface area contributed by atoms with Gasteiger partial charge in [-0.3, -0.25) is 0 Å². The molecule has 1 unspecified atom stereocenters. The molecule has 96 valence electrons. The van der Waals surface area contributed by atoms with E-state index < -0.39 is 6.10 Å². The molecule has 0 saturated carbocycles. The summed E-state index contributed by atoms with van der Waals surface area (Å²) in [4.78, 5) is 0. The van der Waals surface area contributed by atoms with Crippen LogP contribution < -0.4 is 10.1 Å². The minimum atomic E-state index is -0.490. The van der Waals surface area contributed by atoms with Gasteiger partial charge in [0.2, 0.25) is 0 Å². The van der Waals surface area contributed by atoms with Crippen molar-refractivity contribution in [1.29, 1.82) is 0 Å². The molecule has 2 N–H and O–H groups in total. The van der Waals surface area contributed by atoms with Gasteiger partial charge in [0.15, 0.2) is 0 Å². The van der Waals surface area contributed by atoms with Crippen molar-refractivity contribution in [3.63, 3.8) is 0 Å². The number of hydrogen-bond acceptors (Lipinski definition) is 3. The number of ether oxygens (including phenoxy) is 1. The van der Waals surface area contributed by atoms with Crippen molar-refractivity contribution in [2.75, 3.05) is 13.2 Å². The van der Waals surface area contributed by atoms with Crippen LogP contribution in [0, 0.1) is 6.92 Å². The lowest BCUT2D eigenvalue weighted by Gasteiger charge is -2.16. The van der Waals surface area contributed by atoms with Gasteiger partial charge in [0, 0.05) is 17.1 Å². The Morgan fingerprint density at radius 2 is 2.12 bits per heavy atom. The number of aryl methyl sites for hydroxylation is 1. The first-order valence-corrected chi connectivity index (χ1v) is 6.58. The SMILES string of the molecule is Cc1ccc(Br)cc1OCC(O)CNC(C)C. The van der Waals surface area contributed by atoms with Gasteiger partial charge in [-0.05, 0) is 24.6 Å². The molecule has 3 nitrogen and oxygen atoms in total. The molecule has 17 heavy (non-hydrogen) atoms. The summed E-state index contributed by atoms with van der Waals surface area (Å²) in [6.07, 6.45) is -0.490. The normalized spacial score (nSPS) is 12.8. The van der Waals surface area contributed by atoms with Crippen molar-refractivity contribution in [2.24, 2.45) is 0 Å². The number of benzene rings is 1. The van der Waals surface area contributed by atoms with Crippen LogP contribution in [0.4, 0.5) is 0 Å². The predicted molar refractivity (Wildman–Crippen MR) is 73.5 cm³/mol. The second-order valence-electron chi connectivity index (χ2n) is 4.44. The fraction of sp³-hybridized carbons (Fsp3) is 0.538. The van der Waals surface area contributed by atoms with E-state index in [1.807, 2.05) is 39.0 Å². The van der Waals surface area contributed by atoms with E-state index in [0.29, 0.717) is 19.2 Å². The Kier molecular flexibility index (Phi) is 5.95. The Morgan fingerprint density at radius 3 is 2.76 bits per heavy atom. The highest BCUT2D eigenvalue weighted by molar-refractivity contribution is 9.10. The zero-order valence-corrected chi connectivity index (χ0v) is 12.1. The van der Waals surface area contributed by atoms with E-state index in [1.165, 1.54) is 0 Å². The summed E-state index contributed by atoms with van der Waals surface area (Å²) in [7, 11) is 0. The van der Waals surface area contributed by atoms with Gasteiger partial charge in [-0.25, -0.2) is 0 Å². The van der Waals surface area contributed by atoms with E-state index in [4.69, 9.17) is 4.74 Å².